The van der Waals surface area contributed by atoms with Gasteiger partial charge in [-0.3, -0.25) is 9.59 Å². The molecule has 134 valence electrons. The molecule has 3 rings (SSSR count). The number of halogens is 2. The van der Waals surface area contributed by atoms with Crippen molar-refractivity contribution < 1.29 is 14.0 Å². The van der Waals surface area contributed by atoms with Crippen LogP contribution in [0.2, 0.25) is 0 Å². The van der Waals surface area contributed by atoms with Crippen molar-refractivity contribution in [3.63, 3.8) is 0 Å². The van der Waals surface area contributed by atoms with Crippen molar-refractivity contribution in [3.8, 4) is 0 Å². The number of piperidine rings is 1. The average molecular weight is 429 g/mol. The summed E-state index contributed by atoms with van der Waals surface area (Å²) < 4.78 is 5.70. The Hall–Kier alpha value is -1.83. The van der Waals surface area contributed by atoms with Crippen molar-refractivity contribution >= 4 is 45.8 Å². The van der Waals surface area contributed by atoms with E-state index in [9.17, 15) is 9.59 Å². The van der Waals surface area contributed by atoms with E-state index in [0.29, 0.717) is 15.9 Å². The minimum absolute atomic E-state index is 0. The smallest absolute Gasteiger partial charge is 0.291 e. The number of nitrogens with one attached hydrogen (secondary N) is 3. The van der Waals surface area contributed by atoms with Gasteiger partial charge >= 0.3 is 0 Å². The third-order valence-corrected chi connectivity index (χ3v) is 4.26. The van der Waals surface area contributed by atoms with E-state index in [2.05, 4.69) is 31.9 Å². The third kappa shape index (κ3) is 5.32. The highest BCUT2D eigenvalue weighted by Gasteiger charge is 2.16. The van der Waals surface area contributed by atoms with Crippen LogP contribution in [0.15, 0.2) is 45.5 Å². The Labute approximate surface area is 160 Å². The maximum Gasteiger partial charge on any atom is 0.291 e. The summed E-state index contributed by atoms with van der Waals surface area (Å²) in [6.45, 7) is 1.81. The summed E-state index contributed by atoms with van der Waals surface area (Å²) in [6.07, 6.45) is 2.06. The Balaban J connectivity index is 0.00000225. The largest absolute Gasteiger partial charge is 0.444 e. The lowest BCUT2D eigenvalue weighted by Gasteiger charge is -2.23. The van der Waals surface area contributed by atoms with E-state index in [1.807, 2.05) is 0 Å². The number of carbonyl (C=O) groups is 2. The number of hydrogen-bond acceptors (Lipinski definition) is 4. The molecule has 0 aliphatic carbocycles. The quantitative estimate of drug-likeness (QED) is 0.698. The van der Waals surface area contributed by atoms with Crippen LogP contribution in [0.5, 0.6) is 0 Å². The summed E-state index contributed by atoms with van der Waals surface area (Å²) >= 11 is 3.16. The van der Waals surface area contributed by atoms with Crippen molar-refractivity contribution in [2.75, 3.05) is 18.4 Å². The predicted molar refractivity (Wildman–Crippen MR) is 101 cm³/mol. The molecule has 1 fully saturated rings. The lowest BCUT2D eigenvalue weighted by Crippen LogP contribution is -2.45. The monoisotopic (exact) mass is 427 g/mol. The van der Waals surface area contributed by atoms with Crippen LogP contribution in [-0.4, -0.2) is 30.9 Å². The van der Waals surface area contributed by atoms with Gasteiger partial charge in [-0.05, 0) is 71.7 Å². The van der Waals surface area contributed by atoms with Crippen molar-refractivity contribution in [2.24, 2.45) is 0 Å². The zero-order valence-electron chi connectivity index (χ0n) is 13.4. The van der Waals surface area contributed by atoms with E-state index < -0.39 is 0 Å². The zero-order chi connectivity index (χ0) is 16.9. The van der Waals surface area contributed by atoms with Gasteiger partial charge in [0, 0.05) is 23.8 Å². The first-order chi connectivity index (χ1) is 11.6. The summed E-state index contributed by atoms with van der Waals surface area (Å²) in [5, 5.41) is 9.00. The van der Waals surface area contributed by atoms with E-state index in [0.717, 1.165) is 25.9 Å². The molecule has 6 nitrogen and oxygen atoms in total. The number of rotatable bonds is 4. The molecule has 3 N–H and O–H groups in total. The fourth-order valence-electron chi connectivity index (χ4n) is 2.58. The second-order valence-electron chi connectivity index (χ2n) is 5.65. The second-order valence-corrected chi connectivity index (χ2v) is 6.43. The van der Waals surface area contributed by atoms with Gasteiger partial charge in [0.1, 0.15) is 0 Å². The fourth-order valence-corrected chi connectivity index (χ4v) is 2.88. The molecule has 0 spiro atoms. The SMILES string of the molecule is Cl.O=C(N[C@H]1CCCNC1)c1ccc(NC(=O)c2ccc(Br)o2)cc1. The van der Waals surface area contributed by atoms with Crippen LogP contribution in [0, 0.1) is 0 Å². The van der Waals surface area contributed by atoms with Gasteiger partial charge in [0.25, 0.3) is 11.8 Å². The summed E-state index contributed by atoms with van der Waals surface area (Å²) in [7, 11) is 0. The Kier molecular flexibility index (Phi) is 7.04. The first kappa shape index (κ1) is 19.5. The van der Waals surface area contributed by atoms with Crippen LogP contribution < -0.4 is 16.0 Å². The van der Waals surface area contributed by atoms with Gasteiger partial charge < -0.3 is 20.4 Å². The topological polar surface area (TPSA) is 83.4 Å². The average Bonchev–Trinajstić information content (AvgIpc) is 3.03. The van der Waals surface area contributed by atoms with Crippen molar-refractivity contribution in [3.05, 3.63) is 52.4 Å². The van der Waals surface area contributed by atoms with Gasteiger partial charge in [-0.1, -0.05) is 0 Å². The first-order valence-electron chi connectivity index (χ1n) is 7.80. The summed E-state index contributed by atoms with van der Waals surface area (Å²) in [5.41, 5.74) is 1.17. The van der Waals surface area contributed by atoms with Crippen molar-refractivity contribution in [2.45, 2.75) is 18.9 Å². The lowest BCUT2D eigenvalue weighted by molar-refractivity contribution is 0.0930. The molecule has 1 saturated heterocycles. The molecular weight excluding hydrogens is 410 g/mol. The molecule has 2 aromatic rings. The predicted octanol–water partition coefficient (Wildman–Crippen LogP) is 3.20. The molecule has 2 amide bonds. The summed E-state index contributed by atoms with van der Waals surface area (Å²) in [4.78, 5) is 24.2. The summed E-state index contributed by atoms with van der Waals surface area (Å²) in [6, 6.07) is 10.2. The molecule has 8 heteroatoms. The Morgan fingerprint density at radius 3 is 2.48 bits per heavy atom. The first-order valence-corrected chi connectivity index (χ1v) is 8.59. The highest BCUT2D eigenvalue weighted by atomic mass is 79.9. The van der Waals surface area contributed by atoms with Crippen molar-refractivity contribution in [1.29, 1.82) is 0 Å². The minimum atomic E-state index is -0.341. The number of hydrogen-bond donors (Lipinski definition) is 3. The molecule has 2 heterocycles. The lowest BCUT2D eigenvalue weighted by atomic mass is 10.1. The number of anilines is 1. The van der Waals surface area contributed by atoms with Crippen LogP contribution in [0.1, 0.15) is 33.8 Å². The van der Waals surface area contributed by atoms with E-state index in [-0.39, 0.29) is 36.0 Å². The van der Waals surface area contributed by atoms with Gasteiger partial charge in [0.05, 0.1) is 0 Å². The van der Waals surface area contributed by atoms with E-state index in [1.54, 1.807) is 36.4 Å². The van der Waals surface area contributed by atoms with Gasteiger partial charge in [0.15, 0.2) is 10.4 Å². The van der Waals surface area contributed by atoms with Gasteiger partial charge in [-0.2, -0.15) is 0 Å². The second kappa shape index (κ2) is 9.03. The molecule has 1 aliphatic rings. The highest BCUT2D eigenvalue weighted by Crippen LogP contribution is 2.16. The Morgan fingerprint density at radius 2 is 1.88 bits per heavy atom. The van der Waals surface area contributed by atoms with E-state index in [4.69, 9.17) is 4.42 Å². The highest BCUT2D eigenvalue weighted by molar-refractivity contribution is 9.10. The van der Waals surface area contributed by atoms with Crippen LogP contribution in [0.4, 0.5) is 5.69 Å². The Morgan fingerprint density at radius 1 is 1.12 bits per heavy atom. The number of furan rings is 1. The molecule has 1 aliphatic heterocycles. The standard InChI is InChI=1S/C17H18BrN3O3.ClH/c18-15-8-7-14(24-15)17(23)20-12-5-3-11(4-6-12)16(22)21-13-2-1-9-19-10-13;/h3-8,13,19H,1-2,9-10H2,(H,20,23)(H,21,22);1H/t13-;/m0./s1. The fraction of sp³-hybridized carbons (Fsp3) is 0.294. The van der Waals surface area contributed by atoms with Crippen LogP contribution in [0.25, 0.3) is 0 Å². The van der Waals surface area contributed by atoms with E-state index in [1.165, 1.54) is 0 Å². The molecule has 0 bridgehead atoms. The molecule has 0 saturated carbocycles. The molecule has 1 aromatic carbocycles. The number of carbonyl (C=O) groups excluding carboxylic acids is 2. The van der Waals surface area contributed by atoms with Gasteiger partial charge in [0.2, 0.25) is 0 Å². The van der Waals surface area contributed by atoms with Crippen LogP contribution in [-0.2, 0) is 0 Å². The molecule has 25 heavy (non-hydrogen) atoms. The van der Waals surface area contributed by atoms with Crippen LogP contribution in [0.3, 0.4) is 0 Å². The maximum atomic E-state index is 12.2. The van der Waals surface area contributed by atoms with Gasteiger partial charge in [-0.15, -0.1) is 12.4 Å². The molecular formula is C17H19BrClN3O3. The molecule has 1 aromatic heterocycles. The number of benzene rings is 1. The molecule has 0 unspecified atom stereocenters. The summed E-state index contributed by atoms with van der Waals surface area (Å²) in [5.74, 6) is -0.226. The van der Waals surface area contributed by atoms with E-state index >= 15 is 0 Å². The molecule has 1 atom stereocenters. The minimum Gasteiger partial charge on any atom is -0.444 e. The van der Waals surface area contributed by atoms with Crippen LogP contribution >= 0.6 is 28.3 Å². The number of amides is 2. The van der Waals surface area contributed by atoms with Gasteiger partial charge in [-0.25, -0.2) is 0 Å². The van der Waals surface area contributed by atoms with Crippen molar-refractivity contribution in [1.82, 2.24) is 10.6 Å². The Bertz CT molecular complexity index is 727. The third-order valence-electron chi connectivity index (χ3n) is 3.83. The maximum absolute atomic E-state index is 12.2. The normalized spacial score (nSPS) is 16.6. The molecule has 0 radical (unpaired) electrons. The zero-order valence-corrected chi connectivity index (χ0v) is 15.8.